The van der Waals surface area contributed by atoms with Crippen molar-refractivity contribution in [1.82, 2.24) is 10.6 Å². The molecule has 2 N–H and O–H groups in total. The van der Waals surface area contributed by atoms with E-state index in [0.29, 0.717) is 6.04 Å². The van der Waals surface area contributed by atoms with Gasteiger partial charge in [-0.1, -0.05) is 19.3 Å². The Balaban J connectivity index is 1.84. The van der Waals surface area contributed by atoms with Crippen LogP contribution >= 0.6 is 0 Å². The van der Waals surface area contributed by atoms with E-state index in [0.717, 1.165) is 24.0 Å². The highest BCUT2D eigenvalue weighted by atomic mass is 16.3. The van der Waals surface area contributed by atoms with Gasteiger partial charge in [-0.2, -0.15) is 0 Å². The predicted molar refractivity (Wildman–Crippen MR) is 78.4 cm³/mol. The molecule has 1 fully saturated rings. The number of furan rings is 1. The van der Waals surface area contributed by atoms with Gasteiger partial charge in [0.2, 0.25) is 0 Å². The largest absolute Gasteiger partial charge is 0.466 e. The van der Waals surface area contributed by atoms with E-state index in [1.54, 1.807) is 0 Å². The highest BCUT2D eigenvalue weighted by Crippen LogP contribution is 2.17. The lowest BCUT2D eigenvalue weighted by Gasteiger charge is -2.24. The second-order valence-corrected chi connectivity index (χ2v) is 5.34. The van der Waals surface area contributed by atoms with E-state index in [-0.39, 0.29) is 0 Å². The number of hydrogen-bond donors (Lipinski definition) is 2. The Morgan fingerprint density at radius 1 is 1.32 bits per heavy atom. The lowest BCUT2D eigenvalue weighted by molar-refractivity contribution is 0.410. The highest BCUT2D eigenvalue weighted by molar-refractivity contribution is 5.79. The first kappa shape index (κ1) is 14.0. The molecular formula is C15H25N3O. The summed E-state index contributed by atoms with van der Waals surface area (Å²) in [6.45, 7) is 4.74. The molecular weight excluding hydrogens is 238 g/mol. The summed E-state index contributed by atoms with van der Waals surface area (Å²) < 4.78 is 5.53. The maximum Gasteiger partial charge on any atom is 0.191 e. The first-order valence-electron chi connectivity index (χ1n) is 7.22. The van der Waals surface area contributed by atoms with Crippen LogP contribution in [0.1, 0.15) is 49.2 Å². The Morgan fingerprint density at radius 2 is 2.05 bits per heavy atom. The SMILES string of the molecule is CN=C(NCc1cc(C)oc1C)NC1CCCCC1. The average molecular weight is 263 g/mol. The molecule has 0 aromatic carbocycles. The molecule has 2 rings (SSSR count). The molecule has 1 aliphatic carbocycles. The van der Waals surface area contributed by atoms with Crippen LogP contribution in [0, 0.1) is 13.8 Å². The second-order valence-electron chi connectivity index (χ2n) is 5.34. The third-order valence-electron chi connectivity index (χ3n) is 3.76. The number of nitrogens with zero attached hydrogens (tertiary/aromatic N) is 1. The van der Waals surface area contributed by atoms with E-state index >= 15 is 0 Å². The molecule has 0 unspecified atom stereocenters. The van der Waals surface area contributed by atoms with E-state index in [9.17, 15) is 0 Å². The van der Waals surface area contributed by atoms with Gasteiger partial charge in [-0.25, -0.2) is 0 Å². The summed E-state index contributed by atoms with van der Waals surface area (Å²) in [7, 11) is 1.83. The molecule has 1 aromatic heterocycles. The lowest BCUT2D eigenvalue weighted by atomic mass is 9.96. The number of hydrogen-bond acceptors (Lipinski definition) is 2. The molecule has 0 amide bonds. The minimum atomic E-state index is 0.576. The van der Waals surface area contributed by atoms with Crippen molar-refractivity contribution in [1.29, 1.82) is 0 Å². The van der Waals surface area contributed by atoms with Crippen molar-refractivity contribution in [2.45, 2.75) is 58.5 Å². The number of aliphatic imine (C=N–C) groups is 1. The van der Waals surface area contributed by atoms with Crippen LogP contribution in [0.2, 0.25) is 0 Å². The van der Waals surface area contributed by atoms with Gasteiger partial charge in [-0.05, 0) is 32.8 Å². The van der Waals surface area contributed by atoms with E-state index in [1.807, 2.05) is 20.9 Å². The van der Waals surface area contributed by atoms with E-state index < -0.39 is 0 Å². The van der Waals surface area contributed by atoms with Crippen LogP contribution in [0.3, 0.4) is 0 Å². The fraction of sp³-hybridized carbons (Fsp3) is 0.667. The van der Waals surface area contributed by atoms with Crippen molar-refractivity contribution >= 4 is 5.96 Å². The molecule has 1 heterocycles. The second kappa shape index (κ2) is 6.64. The fourth-order valence-electron chi connectivity index (χ4n) is 2.67. The van der Waals surface area contributed by atoms with Gasteiger partial charge in [0.25, 0.3) is 0 Å². The Bertz CT molecular complexity index is 431. The minimum absolute atomic E-state index is 0.576. The zero-order valence-electron chi connectivity index (χ0n) is 12.3. The Labute approximate surface area is 115 Å². The normalized spacial score (nSPS) is 17.5. The molecule has 4 nitrogen and oxygen atoms in total. The molecule has 0 saturated heterocycles. The molecule has 1 saturated carbocycles. The maximum atomic E-state index is 5.53. The van der Waals surface area contributed by atoms with Gasteiger partial charge < -0.3 is 15.1 Å². The monoisotopic (exact) mass is 263 g/mol. The molecule has 19 heavy (non-hydrogen) atoms. The zero-order chi connectivity index (χ0) is 13.7. The van der Waals surface area contributed by atoms with Crippen molar-refractivity contribution in [2.75, 3.05) is 7.05 Å². The lowest BCUT2D eigenvalue weighted by Crippen LogP contribution is -2.43. The average Bonchev–Trinajstić information content (AvgIpc) is 2.74. The van der Waals surface area contributed by atoms with Gasteiger partial charge in [-0.15, -0.1) is 0 Å². The fourth-order valence-corrected chi connectivity index (χ4v) is 2.67. The summed E-state index contributed by atoms with van der Waals surface area (Å²) in [5.41, 5.74) is 1.20. The first-order valence-corrected chi connectivity index (χ1v) is 7.22. The van der Waals surface area contributed by atoms with E-state index in [2.05, 4.69) is 21.7 Å². The van der Waals surface area contributed by atoms with Gasteiger partial charge in [0.1, 0.15) is 11.5 Å². The molecule has 4 heteroatoms. The standard InChI is InChI=1S/C15H25N3O/c1-11-9-13(12(2)19-11)10-17-15(16-3)18-14-7-5-4-6-8-14/h9,14H,4-8,10H2,1-3H3,(H2,16,17,18). The number of aryl methyl sites for hydroxylation is 2. The third kappa shape index (κ3) is 4.01. The van der Waals surface area contributed by atoms with Gasteiger partial charge in [0.05, 0.1) is 0 Å². The van der Waals surface area contributed by atoms with Crippen molar-refractivity contribution in [3.8, 4) is 0 Å². The zero-order valence-corrected chi connectivity index (χ0v) is 12.3. The number of rotatable bonds is 3. The van der Waals surface area contributed by atoms with Gasteiger partial charge in [-0.3, -0.25) is 4.99 Å². The number of guanidine groups is 1. The third-order valence-corrected chi connectivity index (χ3v) is 3.76. The van der Waals surface area contributed by atoms with Crippen molar-refractivity contribution < 1.29 is 4.42 Å². The first-order chi connectivity index (χ1) is 9.19. The van der Waals surface area contributed by atoms with Crippen LogP contribution in [0.5, 0.6) is 0 Å². The predicted octanol–water partition coefficient (Wildman–Crippen LogP) is 2.89. The molecule has 0 atom stereocenters. The summed E-state index contributed by atoms with van der Waals surface area (Å²) >= 11 is 0. The Kier molecular flexibility index (Phi) is 4.88. The van der Waals surface area contributed by atoms with Gasteiger partial charge >= 0.3 is 0 Å². The Morgan fingerprint density at radius 3 is 2.63 bits per heavy atom. The highest BCUT2D eigenvalue weighted by Gasteiger charge is 2.14. The van der Waals surface area contributed by atoms with Crippen molar-refractivity contribution in [2.24, 2.45) is 4.99 Å². The van der Waals surface area contributed by atoms with Gasteiger partial charge in [0, 0.05) is 25.2 Å². The van der Waals surface area contributed by atoms with Crippen molar-refractivity contribution in [3.63, 3.8) is 0 Å². The number of nitrogens with one attached hydrogen (secondary N) is 2. The van der Waals surface area contributed by atoms with Crippen LogP contribution in [0.15, 0.2) is 15.5 Å². The molecule has 0 spiro atoms. The smallest absolute Gasteiger partial charge is 0.191 e. The summed E-state index contributed by atoms with van der Waals surface area (Å²) in [6, 6.07) is 2.66. The van der Waals surface area contributed by atoms with E-state index in [4.69, 9.17) is 4.42 Å². The van der Waals surface area contributed by atoms with Crippen LogP contribution in [0.25, 0.3) is 0 Å². The topological polar surface area (TPSA) is 49.6 Å². The van der Waals surface area contributed by atoms with Crippen LogP contribution in [0.4, 0.5) is 0 Å². The summed E-state index contributed by atoms with van der Waals surface area (Å²) in [6.07, 6.45) is 6.54. The Hall–Kier alpha value is -1.45. The molecule has 1 aromatic rings. The molecule has 1 aliphatic rings. The summed E-state index contributed by atoms with van der Waals surface area (Å²) in [5.74, 6) is 2.84. The minimum Gasteiger partial charge on any atom is -0.466 e. The van der Waals surface area contributed by atoms with Gasteiger partial charge in [0.15, 0.2) is 5.96 Å². The van der Waals surface area contributed by atoms with Crippen LogP contribution in [-0.4, -0.2) is 19.0 Å². The summed E-state index contributed by atoms with van der Waals surface area (Å²) in [4.78, 5) is 4.30. The quantitative estimate of drug-likeness (QED) is 0.651. The molecule has 0 aliphatic heterocycles. The molecule has 0 radical (unpaired) electrons. The maximum absolute atomic E-state index is 5.53. The van der Waals surface area contributed by atoms with Crippen LogP contribution < -0.4 is 10.6 Å². The molecule has 0 bridgehead atoms. The summed E-state index contributed by atoms with van der Waals surface area (Å²) in [5, 5.41) is 6.88. The molecule has 106 valence electrons. The van der Waals surface area contributed by atoms with E-state index in [1.165, 1.54) is 37.7 Å². The van der Waals surface area contributed by atoms with Crippen LogP contribution in [-0.2, 0) is 6.54 Å². The van der Waals surface area contributed by atoms with Crippen molar-refractivity contribution in [3.05, 3.63) is 23.2 Å².